The molecule has 43 valence electrons. The van der Waals surface area contributed by atoms with E-state index in [4.69, 9.17) is 0 Å². The molecule has 0 fully saturated rings. The zero-order valence-corrected chi connectivity index (χ0v) is 5.07. The third-order valence-electron chi connectivity index (χ3n) is 0.829. The van der Waals surface area contributed by atoms with E-state index in [2.05, 4.69) is 19.4 Å². The molecular weight excluding hydrogens is 88.1 g/mol. The van der Waals surface area contributed by atoms with E-state index in [1.54, 1.807) is 0 Å². The van der Waals surface area contributed by atoms with Crippen LogP contribution in [0.1, 0.15) is 13.3 Å². The quantitative estimate of drug-likeness (QED) is 0.524. The minimum atomic E-state index is 1.06. The van der Waals surface area contributed by atoms with Crippen LogP contribution in [0, 0.1) is 7.05 Å². The number of hydrazine groups is 1. The van der Waals surface area contributed by atoms with Crippen LogP contribution in [-0.4, -0.2) is 18.6 Å². The summed E-state index contributed by atoms with van der Waals surface area (Å²) in [4.78, 5) is 0. The predicted octanol–water partition coefficient (Wildman–Crippen LogP) is 0.624. The fraction of sp³-hybridized carbons (Fsp3) is 0.800. The average molecular weight is 101 g/mol. The Bertz CT molecular complexity index is 37.1. The second-order valence-electron chi connectivity index (χ2n) is 1.58. The minimum Gasteiger partial charge on any atom is -0.254 e. The Morgan fingerprint density at radius 2 is 2.29 bits per heavy atom. The number of rotatable bonds is 3. The van der Waals surface area contributed by atoms with Gasteiger partial charge in [-0.3, -0.25) is 5.43 Å². The topological polar surface area (TPSA) is 15.3 Å². The van der Waals surface area contributed by atoms with Gasteiger partial charge in [0.2, 0.25) is 0 Å². The summed E-state index contributed by atoms with van der Waals surface area (Å²) in [5, 5.41) is 1.94. The van der Waals surface area contributed by atoms with Crippen LogP contribution in [0.15, 0.2) is 0 Å². The lowest BCUT2D eigenvalue weighted by Crippen LogP contribution is -2.29. The SMILES string of the molecule is [CH2]NN(C)CCC. The lowest BCUT2D eigenvalue weighted by molar-refractivity contribution is 0.275. The minimum absolute atomic E-state index is 1.06. The Morgan fingerprint density at radius 1 is 1.71 bits per heavy atom. The third kappa shape index (κ3) is 3.76. The van der Waals surface area contributed by atoms with Gasteiger partial charge in [0.1, 0.15) is 0 Å². The molecule has 0 spiro atoms. The zero-order valence-electron chi connectivity index (χ0n) is 5.07. The van der Waals surface area contributed by atoms with Crippen LogP contribution in [0.4, 0.5) is 0 Å². The van der Waals surface area contributed by atoms with Crippen molar-refractivity contribution in [2.24, 2.45) is 0 Å². The van der Waals surface area contributed by atoms with Crippen molar-refractivity contribution in [2.45, 2.75) is 13.3 Å². The summed E-state index contributed by atoms with van der Waals surface area (Å²) in [6.07, 6.45) is 1.17. The standard InChI is InChI=1S/C5H13N2/c1-4-5-7(3)6-2/h6H,2,4-5H2,1,3H3. The lowest BCUT2D eigenvalue weighted by Gasteiger charge is -2.11. The van der Waals surface area contributed by atoms with E-state index in [0.29, 0.717) is 0 Å². The summed E-state index contributed by atoms with van der Waals surface area (Å²) < 4.78 is 0. The Balaban J connectivity index is 2.83. The van der Waals surface area contributed by atoms with E-state index < -0.39 is 0 Å². The van der Waals surface area contributed by atoms with Gasteiger partial charge in [0.15, 0.2) is 0 Å². The number of nitrogens with zero attached hydrogens (tertiary/aromatic N) is 1. The first kappa shape index (κ1) is 6.92. The Hall–Kier alpha value is -0.0800. The van der Waals surface area contributed by atoms with Gasteiger partial charge in [0.05, 0.1) is 0 Å². The molecule has 2 heteroatoms. The van der Waals surface area contributed by atoms with Crippen LogP contribution in [-0.2, 0) is 0 Å². The number of hydrogen-bond donors (Lipinski definition) is 1. The molecule has 0 aliphatic heterocycles. The van der Waals surface area contributed by atoms with E-state index in [9.17, 15) is 0 Å². The maximum atomic E-state index is 3.48. The fourth-order valence-corrected chi connectivity index (χ4v) is 0.414. The van der Waals surface area contributed by atoms with E-state index in [-0.39, 0.29) is 0 Å². The Kier molecular flexibility index (Phi) is 4.04. The van der Waals surface area contributed by atoms with Crippen molar-refractivity contribution in [1.29, 1.82) is 0 Å². The number of nitrogens with one attached hydrogen (secondary N) is 1. The lowest BCUT2D eigenvalue weighted by atomic mass is 10.5. The maximum absolute atomic E-state index is 3.48. The first-order valence-corrected chi connectivity index (χ1v) is 2.55. The largest absolute Gasteiger partial charge is 0.254 e. The molecule has 1 radical (unpaired) electrons. The highest BCUT2D eigenvalue weighted by Crippen LogP contribution is 1.76. The molecule has 0 aromatic rings. The molecule has 2 nitrogen and oxygen atoms in total. The molecule has 0 rings (SSSR count). The molecule has 0 bridgehead atoms. The van der Waals surface area contributed by atoms with Gasteiger partial charge in [-0.15, -0.1) is 0 Å². The fourth-order valence-electron chi connectivity index (χ4n) is 0.414. The van der Waals surface area contributed by atoms with Crippen LogP contribution in [0.2, 0.25) is 0 Å². The first-order valence-electron chi connectivity index (χ1n) is 2.55. The zero-order chi connectivity index (χ0) is 5.70. The van der Waals surface area contributed by atoms with Crippen LogP contribution in [0.3, 0.4) is 0 Å². The van der Waals surface area contributed by atoms with E-state index >= 15 is 0 Å². The summed E-state index contributed by atoms with van der Waals surface area (Å²) in [6.45, 7) is 3.19. The summed E-state index contributed by atoms with van der Waals surface area (Å²) in [5.41, 5.74) is 2.75. The molecule has 0 aliphatic carbocycles. The molecule has 0 amide bonds. The first-order chi connectivity index (χ1) is 3.31. The van der Waals surface area contributed by atoms with Crippen molar-refractivity contribution < 1.29 is 0 Å². The van der Waals surface area contributed by atoms with Gasteiger partial charge in [0.25, 0.3) is 0 Å². The summed E-state index contributed by atoms with van der Waals surface area (Å²) >= 11 is 0. The predicted molar refractivity (Wildman–Crippen MR) is 31.4 cm³/mol. The molecule has 0 aromatic carbocycles. The molecule has 0 saturated heterocycles. The molecule has 0 heterocycles. The van der Waals surface area contributed by atoms with Gasteiger partial charge in [0, 0.05) is 20.6 Å². The van der Waals surface area contributed by atoms with Crippen LogP contribution in [0.5, 0.6) is 0 Å². The normalized spacial score (nSPS) is 10.3. The van der Waals surface area contributed by atoms with Crippen molar-refractivity contribution in [2.75, 3.05) is 13.6 Å². The summed E-state index contributed by atoms with van der Waals surface area (Å²) in [5.74, 6) is 0. The van der Waals surface area contributed by atoms with Gasteiger partial charge in [-0.2, -0.15) is 0 Å². The van der Waals surface area contributed by atoms with Crippen molar-refractivity contribution in [3.63, 3.8) is 0 Å². The smallest absolute Gasteiger partial charge is 0.0241 e. The van der Waals surface area contributed by atoms with Crippen molar-refractivity contribution in [1.82, 2.24) is 10.4 Å². The molecule has 0 atom stereocenters. The van der Waals surface area contributed by atoms with Crippen LogP contribution >= 0.6 is 0 Å². The highest BCUT2D eigenvalue weighted by molar-refractivity contribution is 4.37. The van der Waals surface area contributed by atoms with Crippen molar-refractivity contribution in [3.8, 4) is 0 Å². The second-order valence-corrected chi connectivity index (χ2v) is 1.58. The van der Waals surface area contributed by atoms with E-state index in [0.717, 1.165) is 6.54 Å². The average Bonchev–Trinajstić information content (AvgIpc) is 1.68. The highest BCUT2D eigenvalue weighted by Gasteiger charge is 1.85. The van der Waals surface area contributed by atoms with E-state index in [1.807, 2.05) is 12.1 Å². The van der Waals surface area contributed by atoms with Crippen molar-refractivity contribution >= 4 is 0 Å². The molecule has 0 unspecified atom stereocenters. The molecule has 0 aliphatic rings. The third-order valence-corrected chi connectivity index (χ3v) is 0.829. The Morgan fingerprint density at radius 3 is 2.43 bits per heavy atom. The van der Waals surface area contributed by atoms with Gasteiger partial charge < -0.3 is 0 Å². The Labute approximate surface area is 45.5 Å². The van der Waals surface area contributed by atoms with Gasteiger partial charge in [-0.05, 0) is 6.42 Å². The molecule has 1 N–H and O–H groups in total. The van der Waals surface area contributed by atoms with Crippen LogP contribution < -0.4 is 5.43 Å². The summed E-state index contributed by atoms with van der Waals surface area (Å²) in [6, 6.07) is 0. The van der Waals surface area contributed by atoms with E-state index in [1.165, 1.54) is 6.42 Å². The summed E-state index contributed by atoms with van der Waals surface area (Å²) in [7, 11) is 5.45. The second kappa shape index (κ2) is 4.09. The molecular formula is C5H13N2. The molecule has 0 saturated carbocycles. The maximum Gasteiger partial charge on any atom is 0.0241 e. The highest BCUT2D eigenvalue weighted by atomic mass is 15.5. The van der Waals surface area contributed by atoms with Gasteiger partial charge >= 0.3 is 0 Å². The van der Waals surface area contributed by atoms with Crippen LogP contribution in [0.25, 0.3) is 0 Å². The number of hydrogen-bond acceptors (Lipinski definition) is 2. The monoisotopic (exact) mass is 101 g/mol. The molecule has 0 aromatic heterocycles. The van der Waals surface area contributed by atoms with Gasteiger partial charge in [-0.25, -0.2) is 5.01 Å². The van der Waals surface area contributed by atoms with Crippen molar-refractivity contribution in [3.05, 3.63) is 7.05 Å². The van der Waals surface area contributed by atoms with Gasteiger partial charge in [-0.1, -0.05) is 6.92 Å². The molecule has 7 heavy (non-hydrogen) atoms.